The lowest BCUT2D eigenvalue weighted by Gasteiger charge is -2.38. The van der Waals surface area contributed by atoms with Crippen LogP contribution >= 0.6 is 23.2 Å². The van der Waals surface area contributed by atoms with E-state index in [0.717, 1.165) is 0 Å². The van der Waals surface area contributed by atoms with Gasteiger partial charge in [-0.2, -0.15) is 0 Å². The number of phenolic OH excluding ortho intramolecular Hbond substituents is 1. The average molecular weight is 389 g/mol. The van der Waals surface area contributed by atoms with Crippen LogP contribution < -0.4 is 0 Å². The third-order valence-electron chi connectivity index (χ3n) is 5.08. The number of hydrogen-bond acceptors (Lipinski definition) is 5. The number of aliphatic hydroxyl groups excluding tert-OH is 1. The van der Waals surface area contributed by atoms with Crippen LogP contribution in [0.5, 0.6) is 5.75 Å². The summed E-state index contributed by atoms with van der Waals surface area (Å²) in [6.07, 6.45) is 0.412. The van der Waals surface area contributed by atoms with Crippen molar-refractivity contribution in [3.63, 3.8) is 0 Å². The normalized spacial score (nSPS) is 25.3. The third kappa shape index (κ3) is 3.73. The molecular formula is C17H22Cl2N2O4. The summed E-state index contributed by atoms with van der Waals surface area (Å²) in [6, 6.07) is 3.16. The standard InChI is InChI=1S/C17H22Cl2N2O4/c1-25-12(9-22)7-20-6-11-4-10(5-21(11)15(24)8-20)16-14(23)3-2-13(18)17(16)19/h2-3,10-12,22-23H,4-9H2,1H3/t10-,11-,12?/m0/s1. The van der Waals surface area contributed by atoms with Gasteiger partial charge in [0.15, 0.2) is 0 Å². The van der Waals surface area contributed by atoms with Crippen molar-refractivity contribution < 1.29 is 19.7 Å². The minimum atomic E-state index is -0.303. The second kappa shape index (κ2) is 7.68. The summed E-state index contributed by atoms with van der Waals surface area (Å²) in [5.41, 5.74) is 0.619. The number of piperazine rings is 1. The Bertz CT molecular complexity index is 654. The third-order valence-corrected chi connectivity index (χ3v) is 5.90. The van der Waals surface area contributed by atoms with Gasteiger partial charge in [-0.05, 0) is 18.6 Å². The number of halogens is 2. The van der Waals surface area contributed by atoms with Crippen LogP contribution in [0.3, 0.4) is 0 Å². The van der Waals surface area contributed by atoms with Crippen molar-refractivity contribution in [3.05, 3.63) is 27.7 Å². The zero-order valence-corrected chi connectivity index (χ0v) is 15.5. The van der Waals surface area contributed by atoms with Crippen molar-refractivity contribution in [3.8, 4) is 5.75 Å². The molecule has 0 bridgehead atoms. The Balaban J connectivity index is 1.75. The largest absolute Gasteiger partial charge is 0.508 e. The molecule has 2 N–H and O–H groups in total. The van der Waals surface area contributed by atoms with Gasteiger partial charge in [0.2, 0.25) is 5.91 Å². The molecule has 25 heavy (non-hydrogen) atoms. The maximum absolute atomic E-state index is 12.5. The average Bonchev–Trinajstić information content (AvgIpc) is 3.00. The fraction of sp³-hybridized carbons (Fsp3) is 0.588. The molecule has 1 aromatic rings. The Morgan fingerprint density at radius 2 is 2.12 bits per heavy atom. The Kier molecular flexibility index (Phi) is 5.75. The number of nitrogens with zero attached hydrogens (tertiary/aromatic N) is 2. The van der Waals surface area contributed by atoms with Gasteiger partial charge in [-0.25, -0.2) is 0 Å². The highest BCUT2D eigenvalue weighted by atomic mass is 35.5. The molecule has 0 aromatic heterocycles. The van der Waals surface area contributed by atoms with E-state index in [9.17, 15) is 15.0 Å². The number of phenols is 1. The SMILES string of the molecule is COC(CO)CN1CC(=O)N2C[C@@H](c3c(O)ccc(Cl)c3Cl)C[C@H]2C1. The van der Waals surface area contributed by atoms with Gasteiger partial charge in [-0.3, -0.25) is 9.69 Å². The van der Waals surface area contributed by atoms with Gasteiger partial charge in [-0.1, -0.05) is 23.2 Å². The lowest BCUT2D eigenvalue weighted by molar-refractivity contribution is -0.138. The van der Waals surface area contributed by atoms with Crippen LogP contribution in [-0.2, 0) is 9.53 Å². The number of carbonyl (C=O) groups is 1. The van der Waals surface area contributed by atoms with Crippen LogP contribution in [0, 0.1) is 0 Å². The van der Waals surface area contributed by atoms with E-state index < -0.39 is 0 Å². The molecule has 2 fully saturated rings. The molecular weight excluding hydrogens is 367 g/mol. The number of rotatable bonds is 5. The Hall–Kier alpha value is -1.05. The van der Waals surface area contributed by atoms with Gasteiger partial charge in [0.05, 0.1) is 29.3 Å². The predicted molar refractivity (Wildman–Crippen MR) is 95.3 cm³/mol. The van der Waals surface area contributed by atoms with Crippen molar-refractivity contribution in [2.45, 2.75) is 24.5 Å². The van der Waals surface area contributed by atoms with Crippen LogP contribution in [-0.4, -0.2) is 78.0 Å². The summed E-state index contributed by atoms with van der Waals surface area (Å²) < 4.78 is 5.20. The van der Waals surface area contributed by atoms with Gasteiger partial charge in [0.25, 0.3) is 0 Å². The molecule has 1 unspecified atom stereocenters. The van der Waals surface area contributed by atoms with E-state index in [2.05, 4.69) is 0 Å². The summed E-state index contributed by atoms with van der Waals surface area (Å²) in [7, 11) is 1.55. The molecule has 6 nitrogen and oxygen atoms in total. The van der Waals surface area contributed by atoms with E-state index in [0.29, 0.717) is 48.2 Å². The molecule has 2 saturated heterocycles. The predicted octanol–water partition coefficient (Wildman–Crippen LogP) is 1.71. The Labute approximate surface area is 156 Å². The molecule has 1 aromatic carbocycles. The number of aromatic hydroxyl groups is 1. The fourth-order valence-corrected chi connectivity index (χ4v) is 4.31. The molecule has 3 atom stereocenters. The van der Waals surface area contributed by atoms with E-state index in [4.69, 9.17) is 27.9 Å². The van der Waals surface area contributed by atoms with Crippen molar-refractivity contribution in [2.24, 2.45) is 0 Å². The van der Waals surface area contributed by atoms with E-state index >= 15 is 0 Å². The Morgan fingerprint density at radius 3 is 2.80 bits per heavy atom. The number of carbonyl (C=O) groups excluding carboxylic acids is 1. The fourth-order valence-electron chi connectivity index (χ4n) is 3.83. The minimum Gasteiger partial charge on any atom is -0.508 e. The van der Waals surface area contributed by atoms with Crippen molar-refractivity contribution in [1.82, 2.24) is 9.80 Å². The summed E-state index contributed by atoms with van der Waals surface area (Å²) in [4.78, 5) is 16.4. The van der Waals surface area contributed by atoms with Crippen LogP contribution in [0.25, 0.3) is 0 Å². The first-order chi connectivity index (χ1) is 11.9. The molecule has 2 aliphatic heterocycles. The topological polar surface area (TPSA) is 73.2 Å². The minimum absolute atomic E-state index is 0.0452. The zero-order valence-electron chi connectivity index (χ0n) is 14.0. The van der Waals surface area contributed by atoms with E-state index in [1.54, 1.807) is 19.2 Å². The molecule has 0 spiro atoms. The van der Waals surface area contributed by atoms with Crippen molar-refractivity contribution >= 4 is 29.1 Å². The van der Waals surface area contributed by atoms with Gasteiger partial charge in [0.1, 0.15) is 5.75 Å². The highest BCUT2D eigenvalue weighted by Crippen LogP contribution is 2.43. The van der Waals surface area contributed by atoms with Gasteiger partial charge in [-0.15, -0.1) is 0 Å². The zero-order chi connectivity index (χ0) is 18.1. The molecule has 2 aliphatic rings. The van der Waals surface area contributed by atoms with Crippen molar-refractivity contribution in [2.75, 3.05) is 39.9 Å². The monoisotopic (exact) mass is 388 g/mol. The van der Waals surface area contributed by atoms with E-state index in [-0.39, 0.29) is 36.3 Å². The highest BCUT2D eigenvalue weighted by Gasteiger charge is 2.42. The Morgan fingerprint density at radius 1 is 1.36 bits per heavy atom. The molecule has 1 amide bonds. The number of fused-ring (bicyclic) bond motifs is 1. The van der Waals surface area contributed by atoms with Crippen LogP contribution in [0.2, 0.25) is 10.0 Å². The highest BCUT2D eigenvalue weighted by molar-refractivity contribution is 6.42. The molecule has 0 aliphatic carbocycles. The maximum atomic E-state index is 12.5. The molecule has 0 radical (unpaired) electrons. The molecule has 3 rings (SSSR count). The quantitative estimate of drug-likeness (QED) is 0.802. The lowest BCUT2D eigenvalue weighted by Crippen LogP contribution is -2.55. The first-order valence-corrected chi connectivity index (χ1v) is 9.02. The second-order valence-corrected chi connectivity index (χ2v) is 7.45. The molecule has 0 saturated carbocycles. The number of methoxy groups -OCH3 is 1. The van der Waals surface area contributed by atoms with Gasteiger partial charge < -0.3 is 19.8 Å². The number of benzene rings is 1. The first kappa shape index (κ1) is 18.7. The van der Waals surface area contributed by atoms with Crippen molar-refractivity contribution in [1.29, 1.82) is 0 Å². The van der Waals surface area contributed by atoms with E-state index in [1.165, 1.54) is 0 Å². The van der Waals surface area contributed by atoms with Crippen LogP contribution in [0.1, 0.15) is 17.9 Å². The number of hydrogen-bond donors (Lipinski definition) is 2. The van der Waals surface area contributed by atoms with Gasteiger partial charge >= 0.3 is 0 Å². The van der Waals surface area contributed by atoms with Gasteiger partial charge in [0, 0.05) is 44.3 Å². The summed E-state index contributed by atoms with van der Waals surface area (Å²) in [5.74, 6) is 0.114. The number of amides is 1. The molecule has 8 heteroatoms. The molecule has 2 heterocycles. The van der Waals surface area contributed by atoms with Crippen LogP contribution in [0.15, 0.2) is 12.1 Å². The van der Waals surface area contributed by atoms with Crippen LogP contribution in [0.4, 0.5) is 0 Å². The summed E-state index contributed by atoms with van der Waals surface area (Å²) >= 11 is 12.4. The molecule has 138 valence electrons. The number of aliphatic hydroxyl groups is 1. The first-order valence-electron chi connectivity index (χ1n) is 8.26. The smallest absolute Gasteiger partial charge is 0.237 e. The maximum Gasteiger partial charge on any atom is 0.237 e. The lowest BCUT2D eigenvalue weighted by atomic mass is 9.95. The summed E-state index contributed by atoms with van der Waals surface area (Å²) in [6.45, 7) is 1.97. The number of ether oxygens (including phenoxy) is 1. The summed E-state index contributed by atoms with van der Waals surface area (Å²) in [5, 5.41) is 20.3. The second-order valence-electron chi connectivity index (χ2n) is 6.66. The van der Waals surface area contributed by atoms with E-state index in [1.807, 2.05) is 9.80 Å².